The minimum atomic E-state index is -2.44. The average Bonchev–Trinajstić information content (AvgIpc) is 3.28. The largest absolute Gasteiger partial charge is 0.460 e. The van der Waals surface area contributed by atoms with E-state index in [1.54, 1.807) is 40.9 Å². The van der Waals surface area contributed by atoms with Gasteiger partial charge in [0.25, 0.3) is 11.7 Å². The molecule has 5 N–H and O–H groups in total. The molecular weight excluding hydrogens is 835 g/mol. The van der Waals surface area contributed by atoms with Crippen molar-refractivity contribution in [2.45, 2.75) is 168 Å². The molecule has 14 heteroatoms. The number of methoxy groups -OCH3 is 1. The number of ketones is 3. The van der Waals surface area contributed by atoms with Crippen LogP contribution in [0, 0.1) is 47.3 Å². The van der Waals surface area contributed by atoms with E-state index in [2.05, 4.69) is 0 Å². The number of hydrogen-bond donors (Lipinski definition) is 5. The van der Waals surface area contributed by atoms with E-state index < -0.39 is 90.3 Å². The maximum absolute atomic E-state index is 14.3. The first-order valence-corrected chi connectivity index (χ1v) is 24.1. The molecule has 0 aromatic rings. The number of Topliss-reactive ketones (excluding diaryl/α,β-unsaturated/α-hetero) is 3. The topological polar surface area (TPSA) is 217 Å². The number of amides is 1. The maximum Gasteiger partial charge on any atom is 0.329 e. The lowest BCUT2D eigenvalue weighted by molar-refractivity contribution is -0.265. The minimum absolute atomic E-state index is 0.0117. The first kappa shape index (κ1) is 54.2. The summed E-state index contributed by atoms with van der Waals surface area (Å²) >= 11 is 0. The minimum Gasteiger partial charge on any atom is -0.460 e. The fraction of sp³-hybridized carbons (Fsp3) is 0.745. The smallest absolute Gasteiger partial charge is 0.329 e. The Hall–Kier alpha value is -3.37. The number of nitrogens with zero attached hydrogens (tertiary/aromatic N) is 1. The van der Waals surface area contributed by atoms with Crippen molar-refractivity contribution in [3.8, 4) is 0 Å². The lowest BCUT2D eigenvalue weighted by atomic mass is 9.75. The van der Waals surface area contributed by atoms with E-state index in [9.17, 15) is 49.5 Å². The van der Waals surface area contributed by atoms with Crippen LogP contribution in [0.1, 0.15) is 126 Å². The number of cyclic esters (lactones) is 1. The zero-order valence-electron chi connectivity index (χ0n) is 40.1. The summed E-state index contributed by atoms with van der Waals surface area (Å²) in [5, 5.41) is 54.0. The maximum atomic E-state index is 14.3. The molecule has 4 rings (SSSR count). The zero-order chi connectivity index (χ0) is 48.2. The number of aliphatic hydroxyl groups excluding tert-OH is 4. The highest BCUT2D eigenvalue weighted by molar-refractivity contribution is 6.39. The molecule has 1 aliphatic carbocycles. The van der Waals surface area contributed by atoms with Crippen molar-refractivity contribution < 1.29 is 63.7 Å². The van der Waals surface area contributed by atoms with E-state index in [-0.39, 0.29) is 61.2 Å². The van der Waals surface area contributed by atoms with Crippen molar-refractivity contribution in [2.75, 3.05) is 26.9 Å². The number of carbonyl (C=O) groups excluding carboxylic acids is 5. The van der Waals surface area contributed by atoms with Gasteiger partial charge < -0.3 is 44.6 Å². The summed E-state index contributed by atoms with van der Waals surface area (Å²) in [7, 11) is 1.57. The van der Waals surface area contributed by atoms with Gasteiger partial charge in [-0.25, -0.2) is 4.79 Å². The third-order valence-electron chi connectivity index (χ3n) is 14.7. The fourth-order valence-electron chi connectivity index (χ4n) is 10.3. The number of esters is 1. The van der Waals surface area contributed by atoms with Crippen molar-refractivity contribution >= 4 is 29.2 Å². The predicted octanol–water partition coefficient (Wildman–Crippen LogP) is 5.37. The molecule has 14 nitrogen and oxygen atoms in total. The molecule has 3 fully saturated rings. The summed E-state index contributed by atoms with van der Waals surface area (Å²) in [5.41, 5.74) is 1.21. The molecule has 0 radical (unpaired) electrons. The number of piperidine rings is 1. The Bertz CT molecular complexity index is 1760. The van der Waals surface area contributed by atoms with Gasteiger partial charge in [-0.3, -0.25) is 19.2 Å². The summed E-state index contributed by atoms with van der Waals surface area (Å²) in [6, 6.07) is -1.16. The Morgan fingerprint density at radius 1 is 0.877 bits per heavy atom. The normalized spacial score (nSPS) is 39.1. The number of ether oxygens (including phenoxy) is 3. The van der Waals surface area contributed by atoms with Crippen LogP contribution in [0.15, 0.2) is 47.6 Å². The quantitative estimate of drug-likeness (QED) is 0.129. The van der Waals surface area contributed by atoms with Crippen LogP contribution >= 0.6 is 0 Å². The van der Waals surface area contributed by atoms with Gasteiger partial charge in [0, 0.05) is 56.8 Å². The second kappa shape index (κ2) is 25.1. The molecule has 15 atom stereocenters. The number of carbonyl (C=O) groups is 5. The highest BCUT2D eigenvalue weighted by Gasteiger charge is 2.53. The van der Waals surface area contributed by atoms with E-state index in [0.29, 0.717) is 69.8 Å². The first-order chi connectivity index (χ1) is 30.7. The lowest BCUT2D eigenvalue weighted by Gasteiger charge is -2.42. The van der Waals surface area contributed by atoms with Crippen LogP contribution in [0.4, 0.5) is 0 Å². The molecular formula is C51H79NO13. The van der Waals surface area contributed by atoms with Gasteiger partial charge in [-0.1, -0.05) is 71.1 Å². The van der Waals surface area contributed by atoms with Gasteiger partial charge in [0.2, 0.25) is 5.79 Å². The van der Waals surface area contributed by atoms with Crippen LogP contribution in [-0.2, 0) is 38.2 Å². The molecule has 3 unspecified atom stereocenters. The second-order valence-corrected chi connectivity index (χ2v) is 19.9. The fourth-order valence-corrected chi connectivity index (χ4v) is 10.3. The third-order valence-corrected chi connectivity index (χ3v) is 14.7. The Morgan fingerprint density at radius 2 is 1.60 bits per heavy atom. The molecule has 2 saturated heterocycles. The number of rotatable bonds is 6. The zero-order valence-corrected chi connectivity index (χ0v) is 40.1. The number of aliphatic hydroxyl groups is 5. The molecule has 0 aromatic heterocycles. The SMILES string of the molecule is CO[C@H]1CC2CC[C@@H](C)[C@@](O)(O2)C(=O)C(=O)N2CCCC[C@H]2C(=O)O[C@H](C(C)CC2CC[C@@H](O)[C@H](CO)C2)CC(=O)[C@H](C)/C=C(\C)[C@@H](O)[C@@H](CO)C(=O)[C@H](C)C[C@H](C)/C=C/C=CC=C1C. The lowest BCUT2D eigenvalue weighted by Crippen LogP contribution is -2.61. The molecule has 0 aromatic carbocycles. The Morgan fingerprint density at radius 3 is 2.28 bits per heavy atom. The summed E-state index contributed by atoms with van der Waals surface area (Å²) < 4.78 is 18.2. The van der Waals surface area contributed by atoms with Crippen LogP contribution in [0.25, 0.3) is 0 Å². The van der Waals surface area contributed by atoms with Crippen LogP contribution in [0.5, 0.6) is 0 Å². The van der Waals surface area contributed by atoms with Gasteiger partial charge in [-0.2, -0.15) is 0 Å². The number of hydrogen-bond acceptors (Lipinski definition) is 13. The molecule has 366 valence electrons. The first-order valence-electron chi connectivity index (χ1n) is 24.1. The summed E-state index contributed by atoms with van der Waals surface area (Å²) in [6.45, 7) is 11.8. The van der Waals surface area contributed by atoms with E-state index in [1.165, 1.54) is 4.90 Å². The van der Waals surface area contributed by atoms with Gasteiger partial charge >= 0.3 is 5.97 Å². The molecule has 3 heterocycles. The predicted molar refractivity (Wildman–Crippen MR) is 245 cm³/mol. The van der Waals surface area contributed by atoms with Crippen molar-refractivity contribution in [1.82, 2.24) is 4.90 Å². The number of allylic oxidation sites excluding steroid dienone is 6. The third kappa shape index (κ3) is 14.3. The van der Waals surface area contributed by atoms with Gasteiger partial charge in [0.1, 0.15) is 23.7 Å². The van der Waals surface area contributed by atoms with Gasteiger partial charge in [-0.05, 0) is 107 Å². The summed E-state index contributed by atoms with van der Waals surface area (Å²) in [4.78, 5) is 71.6. The Kier molecular flexibility index (Phi) is 21.0. The molecule has 2 bridgehead atoms. The Labute approximate surface area is 386 Å². The highest BCUT2D eigenvalue weighted by Crippen LogP contribution is 2.38. The molecule has 0 spiro atoms. The molecule has 3 aliphatic heterocycles. The van der Waals surface area contributed by atoms with Crippen molar-refractivity contribution in [3.63, 3.8) is 0 Å². The molecule has 1 saturated carbocycles. The number of fused-ring (bicyclic) bond motifs is 3. The van der Waals surface area contributed by atoms with Crippen molar-refractivity contribution in [2.24, 2.45) is 47.3 Å². The molecule has 65 heavy (non-hydrogen) atoms. The van der Waals surface area contributed by atoms with Crippen LogP contribution in [0.3, 0.4) is 0 Å². The monoisotopic (exact) mass is 914 g/mol. The summed E-state index contributed by atoms with van der Waals surface area (Å²) in [5.74, 6) is -9.71. The van der Waals surface area contributed by atoms with E-state index >= 15 is 0 Å². The second-order valence-electron chi connectivity index (χ2n) is 19.9. The van der Waals surface area contributed by atoms with E-state index in [1.807, 2.05) is 51.2 Å². The van der Waals surface area contributed by atoms with Crippen LogP contribution < -0.4 is 0 Å². The van der Waals surface area contributed by atoms with Gasteiger partial charge in [0.15, 0.2) is 0 Å². The van der Waals surface area contributed by atoms with Crippen molar-refractivity contribution in [1.29, 1.82) is 0 Å². The molecule has 1 amide bonds. The summed E-state index contributed by atoms with van der Waals surface area (Å²) in [6.07, 6.45) is 12.1. The van der Waals surface area contributed by atoms with Gasteiger partial charge in [0.05, 0.1) is 36.9 Å². The standard InChI is InChI=1S/C51H79NO13/c1-30-14-10-9-11-15-31(2)44(63-8)26-39-19-17-36(7)51(62,65-39)48(59)49(60)52-21-13-12-16-41(52)50(61)64-45(33(4)24-37-18-20-42(55)38(25-37)28-53)27-43(56)32(3)23-35(6)47(58)40(29-54)46(57)34(5)22-30/h9-11,14-15,23,30,32-34,36-42,44-45,47,53-55,58,62H,12-13,16-22,24-29H2,1-8H3/b11-9?,14-10+,31-15?,35-23+/t30-,32-,33?,34-,36-,37?,38+,39?,40+,41+,42-,44+,45+,47-,51-/m1/s1. The van der Waals surface area contributed by atoms with Crippen LogP contribution in [0.2, 0.25) is 0 Å². The van der Waals surface area contributed by atoms with E-state index in [0.717, 1.165) is 5.57 Å². The van der Waals surface area contributed by atoms with E-state index in [4.69, 9.17) is 14.2 Å². The molecule has 4 aliphatic rings. The highest BCUT2D eigenvalue weighted by atomic mass is 16.6. The van der Waals surface area contributed by atoms with Crippen molar-refractivity contribution in [3.05, 3.63) is 47.6 Å². The average molecular weight is 914 g/mol. The van der Waals surface area contributed by atoms with Crippen LogP contribution in [-0.4, -0.2) is 129 Å². The Balaban J connectivity index is 1.70. The van der Waals surface area contributed by atoms with Gasteiger partial charge in [-0.15, -0.1) is 0 Å².